The van der Waals surface area contributed by atoms with E-state index in [0.717, 1.165) is 17.7 Å². The Morgan fingerprint density at radius 1 is 0.967 bits per heavy atom. The van der Waals surface area contributed by atoms with Crippen LogP contribution >= 0.6 is 11.6 Å². The van der Waals surface area contributed by atoms with Crippen molar-refractivity contribution >= 4 is 34.0 Å². The Balaban J connectivity index is 1.69. The fourth-order valence-electron chi connectivity index (χ4n) is 2.95. The van der Waals surface area contributed by atoms with E-state index in [4.69, 9.17) is 21.1 Å². The SMILES string of the molecule is COc1cc2c(Nc3c(F)cc(Cl)cc3F)ncnc2cc1OCc1ccccc1. The van der Waals surface area contributed by atoms with Gasteiger partial charge in [0.05, 0.1) is 12.6 Å². The third-order valence-corrected chi connectivity index (χ3v) is 4.63. The third-order valence-electron chi connectivity index (χ3n) is 4.41. The van der Waals surface area contributed by atoms with Crippen molar-refractivity contribution in [1.82, 2.24) is 9.97 Å². The predicted molar refractivity (Wildman–Crippen MR) is 112 cm³/mol. The Morgan fingerprint density at radius 3 is 2.40 bits per heavy atom. The van der Waals surface area contributed by atoms with Gasteiger partial charge in [0.2, 0.25) is 0 Å². The number of methoxy groups -OCH3 is 1. The number of halogens is 3. The molecule has 0 atom stereocenters. The number of nitrogens with one attached hydrogen (secondary N) is 1. The average molecular weight is 428 g/mol. The largest absolute Gasteiger partial charge is 0.493 e. The van der Waals surface area contributed by atoms with Gasteiger partial charge in [0.15, 0.2) is 23.1 Å². The molecule has 0 unspecified atom stereocenters. The van der Waals surface area contributed by atoms with Crippen molar-refractivity contribution in [2.45, 2.75) is 6.61 Å². The minimum Gasteiger partial charge on any atom is -0.493 e. The third kappa shape index (κ3) is 4.11. The van der Waals surface area contributed by atoms with Gasteiger partial charge in [-0.2, -0.15) is 0 Å². The molecule has 0 saturated heterocycles. The molecule has 0 saturated carbocycles. The molecule has 1 aromatic heterocycles. The maximum atomic E-state index is 14.2. The van der Waals surface area contributed by atoms with Crippen molar-refractivity contribution in [2.24, 2.45) is 0 Å². The van der Waals surface area contributed by atoms with Crippen LogP contribution in [0.5, 0.6) is 11.5 Å². The topological polar surface area (TPSA) is 56.3 Å². The van der Waals surface area contributed by atoms with Gasteiger partial charge in [-0.15, -0.1) is 0 Å². The second-order valence-electron chi connectivity index (χ2n) is 6.39. The van der Waals surface area contributed by atoms with Crippen LogP contribution in [0.2, 0.25) is 5.02 Å². The molecule has 1 heterocycles. The molecule has 0 spiro atoms. The standard InChI is InChI=1S/C22H16ClF2N3O2/c1-29-19-9-15-18(10-20(19)30-11-13-5-3-2-4-6-13)26-12-27-22(15)28-21-16(24)7-14(23)8-17(21)25/h2-10,12H,11H2,1H3,(H,26,27,28). The summed E-state index contributed by atoms with van der Waals surface area (Å²) in [5, 5.41) is 3.16. The molecule has 4 aromatic rings. The maximum Gasteiger partial charge on any atom is 0.163 e. The monoisotopic (exact) mass is 427 g/mol. The lowest BCUT2D eigenvalue weighted by Crippen LogP contribution is -2.02. The summed E-state index contributed by atoms with van der Waals surface area (Å²) < 4.78 is 39.7. The Bertz CT molecular complexity index is 1180. The van der Waals surface area contributed by atoms with E-state index in [0.29, 0.717) is 29.0 Å². The molecule has 30 heavy (non-hydrogen) atoms. The summed E-state index contributed by atoms with van der Waals surface area (Å²) in [5.41, 5.74) is 1.16. The van der Waals surface area contributed by atoms with Gasteiger partial charge >= 0.3 is 0 Å². The van der Waals surface area contributed by atoms with Gasteiger partial charge in [0.25, 0.3) is 0 Å². The zero-order valence-corrected chi connectivity index (χ0v) is 16.6. The Hall–Kier alpha value is -3.45. The van der Waals surface area contributed by atoms with Crippen LogP contribution in [0.4, 0.5) is 20.3 Å². The summed E-state index contributed by atoms with van der Waals surface area (Å²) in [7, 11) is 1.51. The van der Waals surface area contributed by atoms with Gasteiger partial charge in [0, 0.05) is 16.5 Å². The fourth-order valence-corrected chi connectivity index (χ4v) is 3.14. The van der Waals surface area contributed by atoms with Gasteiger partial charge in [0.1, 0.15) is 24.4 Å². The number of ether oxygens (including phenoxy) is 2. The van der Waals surface area contributed by atoms with Crippen LogP contribution in [-0.2, 0) is 6.61 Å². The van der Waals surface area contributed by atoms with Crippen molar-refractivity contribution in [3.05, 3.63) is 83.1 Å². The van der Waals surface area contributed by atoms with Gasteiger partial charge in [-0.1, -0.05) is 41.9 Å². The molecule has 152 valence electrons. The second kappa shape index (κ2) is 8.51. The lowest BCUT2D eigenvalue weighted by molar-refractivity contribution is 0.285. The summed E-state index contributed by atoms with van der Waals surface area (Å²) in [5.74, 6) is -0.521. The Labute approximate surface area is 176 Å². The number of rotatable bonds is 6. The minimum absolute atomic E-state index is 0.0371. The molecule has 1 N–H and O–H groups in total. The average Bonchev–Trinajstić information content (AvgIpc) is 2.74. The smallest absolute Gasteiger partial charge is 0.163 e. The van der Waals surface area contributed by atoms with E-state index in [9.17, 15) is 8.78 Å². The van der Waals surface area contributed by atoms with Gasteiger partial charge in [-0.3, -0.25) is 0 Å². The number of anilines is 2. The fraction of sp³-hybridized carbons (Fsp3) is 0.0909. The first-order valence-electron chi connectivity index (χ1n) is 8.96. The molecular formula is C22H16ClF2N3O2. The molecule has 8 heteroatoms. The molecule has 3 aromatic carbocycles. The normalized spacial score (nSPS) is 10.8. The molecule has 0 aliphatic rings. The van der Waals surface area contributed by atoms with Crippen molar-refractivity contribution in [3.8, 4) is 11.5 Å². The molecule has 0 radical (unpaired) electrons. The molecule has 0 aliphatic heterocycles. The van der Waals surface area contributed by atoms with E-state index < -0.39 is 11.6 Å². The molecular weight excluding hydrogens is 412 g/mol. The van der Waals surface area contributed by atoms with Crippen molar-refractivity contribution in [1.29, 1.82) is 0 Å². The van der Waals surface area contributed by atoms with Crippen LogP contribution in [-0.4, -0.2) is 17.1 Å². The van der Waals surface area contributed by atoms with Crippen molar-refractivity contribution in [2.75, 3.05) is 12.4 Å². The highest BCUT2D eigenvalue weighted by molar-refractivity contribution is 6.30. The summed E-state index contributed by atoms with van der Waals surface area (Å²) >= 11 is 5.69. The van der Waals surface area contributed by atoms with E-state index in [1.54, 1.807) is 12.1 Å². The lowest BCUT2D eigenvalue weighted by atomic mass is 10.2. The van der Waals surface area contributed by atoms with Crippen LogP contribution in [0.15, 0.2) is 60.9 Å². The predicted octanol–water partition coefficient (Wildman–Crippen LogP) is 5.89. The molecule has 4 rings (SSSR count). The van der Waals surface area contributed by atoms with E-state index in [1.165, 1.54) is 13.4 Å². The molecule has 0 bridgehead atoms. The van der Waals surface area contributed by atoms with Crippen molar-refractivity contribution < 1.29 is 18.3 Å². The molecule has 0 aliphatic carbocycles. The van der Waals surface area contributed by atoms with Gasteiger partial charge < -0.3 is 14.8 Å². The highest BCUT2D eigenvalue weighted by atomic mass is 35.5. The van der Waals surface area contributed by atoms with Crippen molar-refractivity contribution in [3.63, 3.8) is 0 Å². The number of aromatic nitrogens is 2. The quantitative estimate of drug-likeness (QED) is 0.415. The summed E-state index contributed by atoms with van der Waals surface area (Å²) in [6.07, 6.45) is 1.30. The maximum absolute atomic E-state index is 14.2. The summed E-state index contributed by atoms with van der Waals surface area (Å²) in [6.45, 7) is 0.347. The number of fused-ring (bicyclic) bond motifs is 1. The van der Waals surface area contributed by atoms with E-state index in [1.807, 2.05) is 30.3 Å². The first-order chi connectivity index (χ1) is 14.5. The highest BCUT2D eigenvalue weighted by Gasteiger charge is 2.16. The number of hydrogen-bond acceptors (Lipinski definition) is 5. The molecule has 0 amide bonds. The number of nitrogens with zero attached hydrogens (tertiary/aromatic N) is 2. The van der Waals surface area contributed by atoms with E-state index in [2.05, 4.69) is 15.3 Å². The van der Waals surface area contributed by atoms with Gasteiger partial charge in [-0.25, -0.2) is 18.7 Å². The zero-order chi connectivity index (χ0) is 21.1. The zero-order valence-electron chi connectivity index (χ0n) is 15.8. The minimum atomic E-state index is -0.832. The van der Waals surface area contributed by atoms with Crippen LogP contribution in [0, 0.1) is 11.6 Å². The second-order valence-corrected chi connectivity index (χ2v) is 6.82. The van der Waals surface area contributed by atoms with Crippen LogP contribution < -0.4 is 14.8 Å². The Kier molecular flexibility index (Phi) is 5.63. The lowest BCUT2D eigenvalue weighted by Gasteiger charge is -2.14. The van der Waals surface area contributed by atoms with Gasteiger partial charge in [-0.05, 0) is 23.8 Å². The van der Waals surface area contributed by atoms with E-state index >= 15 is 0 Å². The van der Waals surface area contributed by atoms with Crippen LogP contribution in [0.25, 0.3) is 10.9 Å². The Morgan fingerprint density at radius 2 is 1.70 bits per heavy atom. The van der Waals surface area contributed by atoms with Crippen LogP contribution in [0.3, 0.4) is 0 Å². The van der Waals surface area contributed by atoms with E-state index in [-0.39, 0.29) is 16.5 Å². The molecule has 0 fully saturated rings. The highest BCUT2D eigenvalue weighted by Crippen LogP contribution is 2.36. The summed E-state index contributed by atoms with van der Waals surface area (Å²) in [6, 6.07) is 15.1. The van der Waals surface area contributed by atoms with Crippen LogP contribution in [0.1, 0.15) is 5.56 Å². The summed E-state index contributed by atoms with van der Waals surface area (Å²) in [4.78, 5) is 8.36. The first kappa shape index (κ1) is 19.8. The molecule has 5 nitrogen and oxygen atoms in total. The number of hydrogen-bond donors (Lipinski definition) is 1. The number of benzene rings is 3. The first-order valence-corrected chi connectivity index (χ1v) is 9.34.